The van der Waals surface area contributed by atoms with Crippen LogP contribution in [0.4, 0.5) is 4.39 Å². The first-order valence-corrected chi connectivity index (χ1v) is 5.79. The number of halogens is 3. The van der Waals surface area contributed by atoms with Gasteiger partial charge in [-0.3, -0.25) is 0 Å². The maximum atomic E-state index is 13.2. The molecule has 0 N–H and O–H groups in total. The van der Waals surface area contributed by atoms with Crippen molar-refractivity contribution in [2.45, 2.75) is 31.3 Å². The minimum absolute atomic E-state index is 0.252. The Morgan fingerprint density at radius 3 is 2.12 bits per heavy atom. The molecule has 0 spiro atoms. The van der Waals surface area contributed by atoms with Crippen LogP contribution in [0, 0.1) is 5.82 Å². The van der Waals surface area contributed by atoms with Crippen molar-refractivity contribution in [2.24, 2.45) is 0 Å². The van der Waals surface area contributed by atoms with Gasteiger partial charge in [-0.2, -0.15) is 0 Å². The number of methoxy groups -OCH3 is 1. The standard InChI is InChI=1S/C10H11Cl2FN2O/c1-16-10(4-2-3-5-10)9-14-7(11)6(13)8(12)15-9/h2-5H2,1H3. The van der Waals surface area contributed by atoms with Gasteiger partial charge >= 0.3 is 0 Å². The van der Waals surface area contributed by atoms with Gasteiger partial charge in [0.15, 0.2) is 21.9 Å². The van der Waals surface area contributed by atoms with Crippen molar-refractivity contribution in [1.82, 2.24) is 9.97 Å². The molecule has 1 aliphatic carbocycles. The van der Waals surface area contributed by atoms with Crippen LogP contribution in [0.1, 0.15) is 31.5 Å². The molecular weight excluding hydrogens is 254 g/mol. The van der Waals surface area contributed by atoms with Gasteiger partial charge in [-0.05, 0) is 25.7 Å². The van der Waals surface area contributed by atoms with Crippen molar-refractivity contribution in [3.8, 4) is 0 Å². The van der Waals surface area contributed by atoms with E-state index in [1.807, 2.05) is 0 Å². The molecule has 0 radical (unpaired) electrons. The Kier molecular flexibility index (Phi) is 3.33. The summed E-state index contributed by atoms with van der Waals surface area (Å²) in [4.78, 5) is 7.86. The van der Waals surface area contributed by atoms with Gasteiger partial charge in [-0.15, -0.1) is 0 Å². The summed E-state index contributed by atoms with van der Waals surface area (Å²) >= 11 is 11.3. The average molecular weight is 265 g/mol. The fraction of sp³-hybridized carbons (Fsp3) is 0.600. The van der Waals surface area contributed by atoms with Gasteiger partial charge in [0.25, 0.3) is 0 Å². The molecule has 1 saturated carbocycles. The van der Waals surface area contributed by atoms with E-state index >= 15 is 0 Å². The zero-order valence-electron chi connectivity index (χ0n) is 8.76. The SMILES string of the molecule is COC1(c2nc(Cl)c(F)c(Cl)n2)CCCC1. The molecular formula is C10H11Cl2FN2O. The largest absolute Gasteiger partial charge is 0.370 e. The van der Waals surface area contributed by atoms with Crippen LogP contribution in [0.25, 0.3) is 0 Å². The maximum Gasteiger partial charge on any atom is 0.197 e. The quantitative estimate of drug-likeness (QED) is 0.769. The van der Waals surface area contributed by atoms with Crippen molar-refractivity contribution in [1.29, 1.82) is 0 Å². The van der Waals surface area contributed by atoms with E-state index in [-0.39, 0.29) is 10.3 Å². The van der Waals surface area contributed by atoms with Crippen molar-refractivity contribution >= 4 is 23.2 Å². The van der Waals surface area contributed by atoms with Crippen molar-refractivity contribution in [3.05, 3.63) is 21.9 Å². The van der Waals surface area contributed by atoms with Crippen molar-refractivity contribution in [2.75, 3.05) is 7.11 Å². The van der Waals surface area contributed by atoms with E-state index in [4.69, 9.17) is 27.9 Å². The minimum atomic E-state index is -0.781. The summed E-state index contributed by atoms with van der Waals surface area (Å²) in [6.07, 6.45) is 3.68. The predicted octanol–water partition coefficient (Wildman–Crippen LogP) is 3.34. The van der Waals surface area contributed by atoms with Gasteiger partial charge in [-0.1, -0.05) is 23.2 Å². The molecule has 1 fully saturated rings. The highest BCUT2D eigenvalue weighted by Gasteiger charge is 2.39. The zero-order chi connectivity index (χ0) is 11.8. The molecule has 1 aliphatic rings. The van der Waals surface area contributed by atoms with Gasteiger partial charge in [0.05, 0.1) is 0 Å². The Balaban J connectivity index is 2.47. The molecule has 1 aromatic rings. The molecule has 0 aliphatic heterocycles. The fourth-order valence-electron chi connectivity index (χ4n) is 2.06. The Morgan fingerprint density at radius 2 is 1.69 bits per heavy atom. The van der Waals surface area contributed by atoms with E-state index in [1.54, 1.807) is 7.11 Å². The Labute approximate surface area is 103 Å². The van der Waals surface area contributed by atoms with Crippen LogP contribution >= 0.6 is 23.2 Å². The monoisotopic (exact) mass is 264 g/mol. The average Bonchev–Trinajstić information content (AvgIpc) is 2.75. The zero-order valence-corrected chi connectivity index (χ0v) is 10.3. The summed E-state index contributed by atoms with van der Waals surface area (Å²) in [5.74, 6) is -0.403. The molecule has 0 amide bonds. The van der Waals surface area contributed by atoms with Gasteiger partial charge in [0.1, 0.15) is 5.60 Å². The Hall–Kier alpha value is -0.450. The van der Waals surface area contributed by atoms with Crippen LogP contribution in [0.15, 0.2) is 0 Å². The van der Waals surface area contributed by atoms with Crippen LogP contribution in [-0.4, -0.2) is 17.1 Å². The van der Waals surface area contributed by atoms with E-state index < -0.39 is 11.4 Å². The minimum Gasteiger partial charge on any atom is -0.370 e. The van der Waals surface area contributed by atoms with E-state index in [0.29, 0.717) is 5.82 Å². The Morgan fingerprint density at radius 1 is 1.19 bits per heavy atom. The molecule has 0 unspecified atom stereocenters. The predicted molar refractivity (Wildman–Crippen MR) is 59.2 cm³/mol. The topological polar surface area (TPSA) is 35.0 Å². The molecule has 2 rings (SSSR count). The third-order valence-corrected chi connectivity index (χ3v) is 3.48. The second kappa shape index (κ2) is 4.43. The maximum absolute atomic E-state index is 13.2. The highest BCUT2D eigenvalue weighted by molar-refractivity contribution is 6.33. The summed E-state index contributed by atoms with van der Waals surface area (Å²) < 4.78 is 18.7. The van der Waals surface area contributed by atoms with Gasteiger partial charge in [-0.25, -0.2) is 14.4 Å². The van der Waals surface area contributed by atoms with Crippen LogP contribution in [0.2, 0.25) is 10.3 Å². The number of nitrogens with zero attached hydrogens (tertiary/aromatic N) is 2. The van der Waals surface area contributed by atoms with Gasteiger partial charge in [0.2, 0.25) is 0 Å². The molecule has 16 heavy (non-hydrogen) atoms. The molecule has 6 heteroatoms. The normalized spacial score (nSPS) is 19.0. The fourth-order valence-corrected chi connectivity index (χ4v) is 2.45. The summed E-state index contributed by atoms with van der Waals surface area (Å²) in [6.45, 7) is 0. The second-order valence-electron chi connectivity index (χ2n) is 3.85. The first kappa shape index (κ1) is 12.0. The molecule has 1 aromatic heterocycles. The van der Waals surface area contributed by atoms with E-state index in [0.717, 1.165) is 25.7 Å². The highest BCUT2D eigenvalue weighted by Crippen LogP contribution is 2.40. The summed E-state index contributed by atoms with van der Waals surface area (Å²) in [5.41, 5.74) is -0.555. The molecule has 0 atom stereocenters. The lowest BCUT2D eigenvalue weighted by Crippen LogP contribution is -2.27. The molecule has 0 saturated heterocycles. The number of hydrogen-bond acceptors (Lipinski definition) is 3. The van der Waals surface area contributed by atoms with Crippen molar-refractivity contribution in [3.63, 3.8) is 0 Å². The molecule has 3 nitrogen and oxygen atoms in total. The first-order valence-electron chi connectivity index (χ1n) is 5.03. The first-order chi connectivity index (χ1) is 7.59. The summed E-state index contributed by atoms with van der Waals surface area (Å²) in [6, 6.07) is 0. The van der Waals surface area contributed by atoms with Gasteiger partial charge < -0.3 is 4.74 Å². The number of aromatic nitrogens is 2. The lowest BCUT2D eigenvalue weighted by Gasteiger charge is -2.25. The summed E-state index contributed by atoms with van der Waals surface area (Å²) in [5, 5.41) is -0.503. The lowest BCUT2D eigenvalue weighted by molar-refractivity contribution is -0.0164. The second-order valence-corrected chi connectivity index (χ2v) is 4.56. The third kappa shape index (κ3) is 1.90. The van der Waals surface area contributed by atoms with Crippen LogP contribution in [0.5, 0.6) is 0 Å². The Bertz CT molecular complexity index is 385. The summed E-state index contributed by atoms with van der Waals surface area (Å²) in [7, 11) is 1.60. The number of rotatable bonds is 2. The molecule has 88 valence electrons. The number of ether oxygens (including phenoxy) is 1. The third-order valence-electron chi connectivity index (χ3n) is 2.98. The van der Waals surface area contributed by atoms with Crippen LogP contribution in [-0.2, 0) is 10.3 Å². The van der Waals surface area contributed by atoms with Gasteiger partial charge in [0, 0.05) is 7.11 Å². The van der Waals surface area contributed by atoms with E-state index in [1.165, 1.54) is 0 Å². The molecule has 1 heterocycles. The van der Waals surface area contributed by atoms with E-state index in [2.05, 4.69) is 9.97 Å². The van der Waals surface area contributed by atoms with Crippen molar-refractivity contribution < 1.29 is 9.13 Å². The van der Waals surface area contributed by atoms with Crippen LogP contribution < -0.4 is 0 Å². The lowest BCUT2D eigenvalue weighted by atomic mass is 10.0. The number of hydrogen-bond donors (Lipinski definition) is 0. The molecule has 0 bridgehead atoms. The molecule has 0 aromatic carbocycles. The highest BCUT2D eigenvalue weighted by atomic mass is 35.5. The smallest absolute Gasteiger partial charge is 0.197 e. The van der Waals surface area contributed by atoms with Crippen LogP contribution in [0.3, 0.4) is 0 Å². The van der Waals surface area contributed by atoms with E-state index in [9.17, 15) is 4.39 Å².